The van der Waals surface area contributed by atoms with Crippen molar-refractivity contribution in [2.24, 2.45) is 0 Å². The lowest BCUT2D eigenvalue weighted by atomic mass is 10.2. The fraction of sp³-hybridized carbons (Fsp3) is 0.250. The molecule has 1 aliphatic heterocycles. The van der Waals surface area contributed by atoms with Crippen molar-refractivity contribution in [3.8, 4) is 21.1 Å². The summed E-state index contributed by atoms with van der Waals surface area (Å²) in [6, 6.07) is 10.4. The molecular formula is C20H19N5S2. The van der Waals surface area contributed by atoms with E-state index in [4.69, 9.17) is 9.97 Å². The van der Waals surface area contributed by atoms with Gasteiger partial charge in [0.05, 0.1) is 21.6 Å². The second-order valence-corrected chi connectivity index (χ2v) is 8.60. The number of hydrogen-bond donors (Lipinski definition) is 0. The molecular weight excluding hydrogens is 374 g/mol. The van der Waals surface area contributed by atoms with Gasteiger partial charge in [0.15, 0.2) is 5.65 Å². The molecule has 0 spiro atoms. The van der Waals surface area contributed by atoms with Crippen LogP contribution < -0.4 is 4.90 Å². The summed E-state index contributed by atoms with van der Waals surface area (Å²) in [6.07, 6.45) is 1.94. The Morgan fingerprint density at radius 2 is 1.56 bits per heavy atom. The Balaban J connectivity index is 1.62. The molecule has 0 radical (unpaired) electrons. The second kappa shape index (κ2) is 6.99. The molecule has 0 amide bonds. The van der Waals surface area contributed by atoms with Crippen molar-refractivity contribution in [2.45, 2.75) is 0 Å². The van der Waals surface area contributed by atoms with Gasteiger partial charge in [-0.1, -0.05) is 12.1 Å². The first-order valence-corrected chi connectivity index (χ1v) is 10.7. The number of hydrogen-bond acceptors (Lipinski definition) is 7. The molecule has 0 N–H and O–H groups in total. The van der Waals surface area contributed by atoms with E-state index in [9.17, 15) is 0 Å². The van der Waals surface area contributed by atoms with Gasteiger partial charge in [0, 0.05) is 26.2 Å². The summed E-state index contributed by atoms with van der Waals surface area (Å²) in [5, 5.41) is 4.15. The molecule has 4 aromatic rings. The van der Waals surface area contributed by atoms with Gasteiger partial charge < -0.3 is 9.80 Å². The highest BCUT2D eigenvalue weighted by molar-refractivity contribution is 7.14. The second-order valence-electron chi connectivity index (χ2n) is 6.70. The number of likely N-dealkylation sites (N-methyl/N-ethyl adjacent to an activating group) is 1. The number of rotatable bonds is 3. The summed E-state index contributed by atoms with van der Waals surface area (Å²) in [4.78, 5) is 21.5. The molecule has 5 rings (SSSR count). The largest absolute Gasteiger partial charge is 0.368 e. The SMILES string of the molecule is CN1CCN(c2cnc3nc(-c4cccs4)c(-c4cccs4)nc3c2)CC1. The van der Waals surface area contributed by atoms with E-state index in [2.05, 4.69) is 56.9 Å². The number of thiophene rings is 2. The number of nitrogens with zero attached hydrogens (tertiary/aromatic N) is 5. The normalized spacial score (nSPS) is 15.5. The molecule has 1 saturated heterocycles. The van der Waals surface area contributed by atoms with Crippen LogP contribution in [0.3, 0.4) is 0 Å². The first kappa shape index (κ1) is 16.8. The van der Waals surface area contributed by atoms with Gasteiger partial charge in [-0.3, -0.25) is 0 Å². The van der Waals surface area contributed by atoms with Crippen molar-refractivity contribution in [2.75, 3.05) is 38.1 Å². The summed E-state index contributed by atoms with van der Waals surface area (Å²) in [5.41, 5.74) is 4.55. The summed E-state index contributed by atoms with van der Waals surface area (Å²) in [7, 11) is 2.17. The third-order valence-corrected chi connectivity index (χ3v) is 6.64. The Kier molecular flexibility index (Phi) is 4.35. The lowest BCUT2D eigenvalue weighted by Gasteiger charge is -2.33. The maximum Gasteiger partial charge on any atom is 0.178 e. The van der Waals surface area contributed by atoms with Crippen LogP contribution in [0.2, 0.25) is 0 Å². The lowest BCUT2D eigenvalue weighted by molar-refractivity contribution is 0.313. The first-order chi connectivity index (χ1) is 13.3. The Morgan fingerprint density at radius 3 is 2.19 bits per heavy atom. The average Bonchev–Trinajstić information content (AvgIpc) is 3.41. The highest BCUT2D eigenvalue weighted by atomic mass is 32.1. The third kappa shape index (κ3) is 3.22. The van der Waals surface area contributed by atoms with Gasteiger partial charge in [0.1, 0.15) is 16.9 Å². The molecule has 0 saturated carbocycles. The molecule has 136 valence electrons. The predicted molar refractivity (Wildman–Crippen MR) is 114 cm³/mol. The molecule has 1 fully saturated rings. The highest BCUT2D eigenvalue weighted by Crippen LogP contribution is 2.35. The van der Waals surface area contributed by atoms with E-state index in [0.717, 1.165) is 58.5 Å². The van der Waals surface area contributed by atoms with Crippen molar-refractivity contribution in [3.63, 3.8) is 0 Å². The van der Waals surface area contributed by atoms with Gasteiger partial charge in [-0.05, 0) is 36.0 Å². The molecule has 0 atom stereocenters. The molecule has 1 aliphatic rings. The van der Waals surface area contributed by atoms with Gasteiger partial charge in [0.2, 0.25) is 0 Å². The van der Waals surface area contributed by atoms with Crippen LogP contribution in [-0.4, -0.2) is 53.1 Å². The topological polar surface area (TPSA) is 45.2 Å². The van der Waals surface area contributed by atoms with Crippen LogP contribution in [0, 0.1) is 0 Å². The standard InChI is InChI=1S/C20H19N5S2/c1-24-6-8-25(9-7-24)14-12-15-20(21-13-14)23-19(17-5-3-11-27-17)18(22-15)16-4-2-10-26-16/h2-5,10-13H,6-9H2,1H3. The van der Waals surface area contributed by atoms with E-state index in [1.165, 1.54) is 0 Å². The number of piperazine rings is 1. The minimum absolute atomic E-state index is 0.705. The van der Waals surface area contributed by atoms with E-state index in [1.807, 2.05) is 12.3 Å². The maximum atomic E-state index is 5.00. The molecule has 0 aromatic carbocycles. The van der Waals surface area contributed by atoms with Crippen LogP contribution >= 0.6 is 22.7 Å². The van der Waals surface area contributed by atoms with Gasteiger partial charge in [-0.25, -0.2) is 15.0 Å². The number of anilines is 1. The zero-order valence-corrected chi connectivity index (χ0v) is 16.6. The van der Waals surface area contributed by atoms with E-state index in [-0.39, 0.29) is 0 Å². The third-order valence-electron chi connectivity index (χ3n) is 4.88. The lowest BCUT2D eigenvalue weighted by Crippen LogP contribution is -2.44. The zero-order chi connectivity index (χ0) is 18.2. The number of pyridine rings is 1. The maximum absolute atomic E-state index is 5.00. The summed E-state index contributed by atoms with van der Waals surface area (Å²) < 4.78 is 0. The molecule has 5 heterocycles. The smallest absolute Gasteiger partial charge is 0.178 e. The summed E-state index contributed by atoms with van der Waals surface area (Å²) in [6.45, 7) is 4.17. The Bertz CT molecular complexity index is 1050. The molecule has 0 unspecified atom stereocenters. The number of aromatic nitrogens is 3. The fourth-order valence-corrected chi connectivity index (χ4v) is 4.77. The Labute approximate surface area is 166 Å². The monoisotopic (exact) mass is 393 g/mol. The quantitative estimate of drug-likeness (QED) is 0.521. The van der Waals surface area contributed by atoms with Gasteiger partial charge in [-0.2, -0.15) is 0 Å². The molecule has 5 nitrogen and oxygen atoms in total. The summed E-state index contributed by atoms with van der Waals surface area (Å²) in [5.74, 6) is 0. The van der Waals surface area contributed by atoms with Crippen LogP contribution in [0.5, 0.6) is 0 Å². The first-order valence-electron chi connectivity index (χ1n) is 8.97. The van der Waals surface area contributed by atoms with Crippen molar-refractivity contribution >= 4 is 39.5 Å². The van der Waals surface area contributed by atoms with Crippen molar-refractivity contribution in [3.05, 3.63) is 47.3 Å². The van der Waals surface area contributed by atoms with Crippen molar-refractivity contribution < 1.29 is 0 Å². The van der Waals surface area contributed by atoms with E-state index in [0.29, 0.717) is 5.65 Å². The summed E-state index contributed by atoms with van der Waals surface area (Å²) >= 11 is 3.38. The van der Waals surface area contributed by atoms with Crippen LogP contribution in [0.15, 0.2) is 47.3 Å². The number of fused-ring (bicyclic) bond motifs is 1. The van der Waals surface area contributed by atoms with Crippen LogP contribution in [0.4, 0.5) is 5.69 Å². The van der Waals surface area contributed by atoms with Crippen LogP contribution in [0.25, 0.3) is 32.3 Å². The van der Waals surface area contributed by atoms with Gasteiger partial charge in [-0.15, -0.1) is 22.7 Å². The molecule has 7 heteroatoms. The van der Waals surface area contributed by atoms with E-state index in [1.54, 1.807) is 22.7 Å². The van der Waals surface area contributed by atoms with Crippen LogP contribution in [-0.2, 0) is 0 Å². The minimum atomic E-state index is 0.705. The van der Waals surface area contributed by atoms with E-state index < -0.39 is 0 Å². The molecule has 4 aromatic heterocycles. The van der Waals surface area contributed by atoms with Gasteiger partial charge in [0.25, 0.3) is 0 Å². The van der Waals surface area contributed by atoms with Crippen molar-refractivity contribution in [1.82, 2.24) is 19.9 Å². The highest BCUT2D eigenvalue weighted by Gasteiger charge is 2.18. The van der Waals surface area contributed by atoms with E-state index >= 15 is 0 Å². The molecule has 27 heavy (non-hydrogen) atoms. The van der Waals surface area contributed by atoms with Gasteiger partial charge >= 0.3 is 0 Å². The Morgan fingerprint density at radius 1 is 0.889 bits per heavy atom. The Hall–Kier alpha value is -2.35. The molecule has 0 bridgehead atoms. The van der Waals surface area contributed by atoms with Crippen molar-refractivity contribution in [1.29, 1.82) is 0 Å². The molecule has 0 aliphatic carbocycles. The van der Waals surface area contributed by atoms with Crippen LogP contribution in [0.1, 0.15) is 0 Å². The predicted octanol–water partition coefficient (Wildman–Crippen LogP) is 4.23. The fourth-order valence-electron chi connectivity index (χ4n) is 3.34. The average molecular weight is 394 g/mol. The zero-order valence-electron chi connectivity index (χ0n) is 15.0. The minimum Gasteiger partial charge on any atom is -0.368 e.